The van der Waals surface area contributed by atoms with E-state index in [4.69, 9.17) is 25.8 Å². The second-order valence-electron chi connectivity index (χ2n) is 10.1. The Kier molecular flexibility index (Phi) is 7.26. The number of alkyl carbamates (subject to hydrolysis) is 1. The number of rotatable bonds is 5. The number of halogens is 3. The van der Waals surface area contributed by atoms with Gasteiger partial charge in [-0.3, -0.25) is 0 Å². The van der Waals surface area contributed by atoms with Gasteiger partial charge in [0.15, 0.2) is 17.2 Å². The molecule has 9 heteroatoms. The third-order valence-electron chi connectivity index (χ3n) is 6.76. The molecule has 0 fully saturated rings. The summed E-state index contributed by atoms with van der Waals surface area (Å²) in [6, 6.07) is 14.3. The number of nitrogens with one attached hydrogen (secondary N) is 1. The van der Waals surface area contributed by atoms with Crippen molar-refractivity contribution in [3.8, 4) is 28.7 Å². The number of carbonyl (C=O) groups excluding carboxylic acids is 1. The van der Waals surface area contributed by atoms with E-state index in [2.05, 4.69) is 5.32 Å². The Hall–Kier alpha value is -3.83. The number of amides is 1. The maximum atomic E-state index is 15.7. The lowest BCUT2D eigenvalue weighted by Crippen LogP contribution is -2.59. The number of carbonyl (C=O) groups is 1. The number of fused-ring (bicyclic) bond motifs is 1. The van der Waals surface area contributed by atoms with Gasteiger partial charge in [-0.15, -0.1) is 0 Å². The first-order valence-corrected chi connectivity index (χ1v) is 12.2. The molecule has 0 aliphatic carbocycles. The maximum absolute atomic E-state index is 15.7. The van der Waals surface area contributed by atoms with Crippen molar-refractivity contribution < 1.29 is 27.8 Å². The first-order valence-electron chi connectivity index (χ1n) is 11.8. The molecule has 0 saturated heterocycles. The van der Waals surface area contributed by atoms with Crippen LogP contribution in [0.2, 0.25) is 5.02 Å². The average Bonchev–Trinajstić information content (AvgIpc) is 3.27. The molecule has 1 N–H and O–H groups in total. The highest BCUT2D eigenvalue weighted by molar-refractivity contribution is 6.34. The minimum absolute atomic E-state index is 0.00171. The zero-order valence-electron chi connectivity index (χ0n) is 21.6. The second kappa shape index (κ2) is 10.1. The summed E-state index contributed by atoms with van der Waals surface area (Å²) in [7, 11) is 2.55. The zero-order chi connectivity index (χ0) is 27.8. The smallest absolute Gasteiger partial charge is 0.407 e. The Labute approximate surface area is 225 Å². The van der Waals surface area contributed by atoms with Crippen molar-refractivity contribution in [1.82, 2.24) is 5.32 Å². The van der Waals surface area contributed by atoms with E-state index in [0.717, 1.165) is 6.07 Å². The quantitative estimate of drug-likeness (QED) is 0.386. The molecular formula is C29H27ClF2N2O4. The fraction of sp³-hybridized carbons (Fsp3) is 0.310. The molecule has 38 heavy (non-hydrogen) atoms. The van der Waals surface area contributed by atoms with Gasteiger partial charge in [0.05, 0.1) is 36.9 Å². The summed E-state index contributed by atoms with van der Waals surface area (Å²) in [5.41, 5.74) is -0.995. The molecule has 2 unspecified atom stereocenters. The van der Waals surface area contributed by atoms with Gasteiger partial charge in [0.1, 0.15) is 11.6 Å². The van der Waals surface area contributed by atoms with Crippen molar-refractivity contribution in [1.29, 1.82) is 5.26 Å². The molecule has 3 aromatic rings. The van der Waals surface area contributed by atoms with E-state index in [1.807, 2.05) is 57.2 Å². The van der Waals surface area contributed by atoms with Gasteiger partial charge in [-0.05, 0) is 23.1 Å². The van der Waals surface area contributed by atoms with Crippen LogP contribution in [0.1, 0.15) is 37.5 Å². The van der Waals surface area contributed by atoms with Gasteiger partial charge in [0.25, 0.3) is 0 Å². The summed E-state index contributed by atoms with van der Waals surface area (Å²) < 4.78 is 47.6. The normalized spacial score (nSPS) is 17.1. The monoisotopic (exact) mass is 540 g/mol. The first-order chi connectivity index (χ1) is 18.0. The minimum Gasteiger partial charge on any atom is -0.494 e. The van der Waals surface area contributed by atoms with Crippen molar-refractivity contribution in [2.75, 3.05) is 14.2 Å². The summed E-state index contributed by atoms with van der Waals surface area (Å²) in [6.07, 6.45) is -0.593. The van der Waals surface area contributed by atoms with E-state index in [1.54, 1.807) is 0 Å². The van der Waals surface area contributed by atoms with Crippen LogP contribution >= 0.6 is 11.6 Å². The van der Waals surface area contributed by atoms with Gasteiger partial charge in [0, 0.05) is 29.2 Å². The standard InChI is InChI=1S/C29H27ClF2N2O4/c1-28(2,3)26(34-27(35)37-5)29(17-9-7-6-8-10-17)14-18-21(38-29)13-19(31)24(30)23(18)22-16(15-33)11-12-20(36-4)25(22)32/h6-13,26H,14H2,1-5H3,(H,34,35). The lowest BCUT2D eigenvalue weighted by atomic mass is 9.70. The van der Waals surface area contributed by atoms with Crippen LogP contribution in [-0.2, 0) is 16.8 Å². The van der Waals surface area contributed by atoms with E-state index in [9.17, 15) is 10.1 Å². The largest absolute Gasteiger partial charge is 0.494 e. The van der Waals surface area contributed by atoms with Crippen LogP contribution in [-0.4, -0.2) is 26.4 Å². The third kappa shape index (κ3) is 4.52. The van der Waals surface area contributed by atoms with Crippen molar-refractivity contribution >= 4 is 17.7 Å². The molecule has 3 aromatic carbocycles. The Balaban J connectivity index is 2.04. The third-order valence-corrected chi connectivity index (χ3v) is 7.13. The van der Waals surface area contributed by atoms with E-state index in [-0.39, 0.29) is 39.6 Å². The molecule has 2 atom stereocenters. The first kappa shape index (κ1) is 27.2. The summed E-state index contributed by atoms with van der Waals surface area (Å²) in [5.74, 6) is -1.69. The predicted molar refractivity (Wildman–Crippen MR) is 139 cm³/mol. The van der Waals surface area contributed by atoms with Crippen LogP contribution < -0.4 is 14.8 Å². The number of hydrogen-bond donors (Lipinski definition) is 1. The SMILES string of the molecule is COC(=O)NC(C(C)(C)C)C1(c2ccccc2)Cc2c(cc(F)c(Cl)c2-c2c(C#N)ccc(OC)c2F)O1. The van der Waals surface area contributed by atoms with Gasteiger partial charge in [-0.1, -0.05) is 62.7 Å². The Morgan fingerprint density at radius 1 is 1.16 bits per heavy atom. The lowest BCUT2D eigenvalue weighted by molar-refractivity contribution is 0.000297. The van der Waals surface area contributed by atoms with Crippen LogP contribution in [0.4, 0.5) is 13.6 Å². The topological polar surface area (TPSA) is 80.6 Å². The molecule has 0 radical (unpaired) electrons. The van der Waals surface area contributed by atoms with Crippen molar-refractivity contribution in [2.45, 2.75) is 38.8 Å². The van der Waals surface area contributed by atoms with Gasteiger partial charge in [0.2, 0.25) is 0 Å². The number of hydrogen-bond acceptors (Lipinski definition) is 5. The van der Waals surface area contributed by atoms with Gasteiger partial charge < -0.3 is 19.5 Å². The molecule has 198 valence electrons. The molecule has 4 rings (SSSR count). The average molecular weight is 541 g/mol. The number of nitrogens with zero attached hydrogens (tertiary/aromatic N) is 1. The number of benzene rings is 3. The van der Waals surface area contributed by atoms with Gasteiger partial charge >= 0.3 is 6.09 Å². The summed E-state index contributed by atoms with van der Waals surface area (Å²) in [4.78, 5) is 12.5. The Bertz CT molecular complexity index is 1430. The second-order valence-corrected chi connectivity index (χ2v) is 10.5. The van der Waals surface area contributed by atoms with E-state index in [0.29, 0.717) is 11.1 Å². The van der Waals surface area contributed by atoms with Crippen LogP contribution in [0.5, 0.6) is 11.5 Å². The zero-order valence-corrected chi connectivity index (χ0v) is 22.4. The number of methoxy groups -OCH3 is 2. The highest BCUT2D eigenvalue weighted by Crippen LogP contribution is 2.53. The Morgan fingerprint density at radius 3 is 2.42 bits per heavy atom. The van der Waals surface area contributed by atoms with Crippen LogP contribution in [0.15, 0.2) is 48.5 Å². The predicted octanol–water partition coefficient (Wildman–Crippen LogP) is 6.77. The molecule has 6 nitrogen and oxygen atoms in total. The van der Waals surface area contributed by atoms with Crippen LogP contribution in [0.25, 0.3) is 11.1 Å². The summed E-state index contributed by atoms with van der Waals surface area (Å²) in [5, 5.41) is 12.3. The van der Waals surface area contributed by atoms with Gasteiger partial charge in [-0.2, -0.15) is 5.26 Å². The molecule has 0 spiro atoms. The van der Waals surface area contributed by atoms with E-state index >= 15 is 8.78 Å². The highest BCUT2D eigenvalue weighted by atomic mass is 35.5. The molecule has 1 amide bonds. The fourth-order valence-corrected chi connectivity index (χ4v) is 5.40. The minimum atomic E-state index is -1.26. The molecule has 0 bridgehead atoms. The number of ether oxygens (including phenoxy) is 3. The molecule has 1 aliphatic rings. The highest BCUT2D eigenvalue weighted by Gasteiger charge is 2.54. The molecule has 0 saturated carbocycles. The summed E-state index contributed by atoms with van der Waals surface area (Å²) >= 11 is 6.49. The van der Waals surface area contributed by atoms with E-state index < -0.39 is 34.8 Å². The molecule has 1 heterocycles. The van der Waals surface area contributed by atoms with Crippen LogP contribution in [0, 0.1) is 28.4 Å². The Morgan fingerprint density at radius 2 is 1.84 bits per heavy atom. The van der Waals surface area contributed by atoms with E-state index in [1.165, 1.54) is 26.4 Å². The summed E-state index contributed by atoms with van der Waals surface area (Å²) in [6.45, 7) is 5.78. The fourth-order valence-electron chi connectivity index (χ4n) is 5.13. The molecule has 0 aromatic heterocycles. The lowest BCUT2D eigenvalue weighted by Gasteiger charge is -2.44. The van der Waals surface area contributed by atoms with Crippen molar-refractivity contribution in [2.24, 2.45) is 5.41 Å². The molecular weight excluding hydrogens is 514 g/mol. The van der Waals surface area contributed by atoms with Crippen molar-refractivity contribution in [3.05, 3.63) is 81.9 Å². The maximum Gasteiger partial charge on any atom is 0.407 e. The number of nitriles is 1. The van der Waals surface area contributed by atoms with Crippen LogP contribution in [0.3, 0.4) is 0 Å². The molecule has 1 aliphatic heterocycles. The van der Waals surface area contributed by atoms with Crippen molar-refractivity contribution in [3.63, 3.8) is 0 Å². The van der Waals surface area contributed by atoms with Gasteiger partial charge in [-0.25, -0.2) is 13.6 Å².